The van der Waals surface area contributed by atoms with Gasteiger partial charge in [-0.1, -0.05) is 24.3 Å². The van der Waals surface area contributed by atoms with E-state index in [1.165, 1.54) is 31.4 Å². The Hall–Kier alpha value is -3.40. The molecule has 0 aliphatic heterocycles. The summed E-state index contributed by atoms with van der Waals surface area (Å²) in [5.74, 6) is -0.674. The van der Waals surface area contributed by atoms with Gasteiger partial charge in [0.05, 0.1) is 7.11 Å². The first-order chi connectivity index (χ1) is 12.4. The normalized spacial score (nSPS) is 11.0. The molecule has 0 unspecified atom stereocenters. The molecule has 0 radical (unpaired) electrons. The van der Waals surface area contributed by atoms with Gasteiger partial charge in [-0.25, -0.2) is 0 Å². The highest BCUT2D eigenvalue weighted by Crippen LogP contribution is 2.30. The van der Waals surface area contributed by atoms with Crippen LogP contribution in [0.25, 0.3) is 6.08 Å². The minimum atomic E-state index is -3.03. The maximum absolute atomic E-state index is 12.5. The van der Waals surface area contributed by atoms with Gasteiger partial charge in [-0.15, -0.1) is 0 Å². The van der Waals surface area contributed by atoms with Crippen LogP contribution in [0.5, 0.6) is 11.5 Å². The van der Waals surface area contributed by atoms with Crippen molar-refractivity contribution < 1.29 is 23.0 Å². The van der Waals surface area contributed by atoms with Crippen molar-refractivity contribution in [2.75, 3.05) is 12.4 Å². The van der Waals surface area contributed by atoms with Gasteiger partial charge in [0.1, 0.15) is 11.6 Å². The fraction of sp³-hybridized carbons (Fsp3) is 0.158. The van der Waals surface area contributed by atoms with Gasteiger partial charge in [-0.05, 0) is 42.3 Å². The van der Waals surface area contributed by atoms with Crippen molar-refractivity contribution >= 4 is 17.7 Å². The van der Waals surface area contributed by atoms with E-state index in [1.54, 1.807) is 12.1 Å². The lowest BCUT2D eigenvalue weighted by Gasteiger charge is -2.11. The van der Waals surface area contributed by atoms with Gasteiger partial charge in [0.2, 0.25) is 0 Å². The predicted molar refractivity (Wildman–Crippen MR) is 93.0 cm³/mol. The first-order valence-corrected chi connectivity index (χ1v) is 7.56. The summed E-state index contributed by atoms with van der Waals surface area (Å²) < 4.78 is 34.3. The van der Waals surface area contributed by atoms with Crippen molar-refractivity contribution in [2.24, 2.45) is 0 Å². The molecule has 0 heterocycles. The molecule has 26 heavy (non-hydrogen) atoms. The number of ether oxygens (including phenoxy) is 2. The number of aryl methyl sites for hydroxylation is 1. The first-order valence-electron chi connectivity index (χ1n) is 7.56. The number of para-hydroxylation sites is 1. The number of carbonyl (C=O) groups is 1. The molecule has 1 amide bonds. The van der Waals surface area contributed by atoms with E-state index in [0.29, 0.717) is 11.3 Å². The number of nitrogens with zero attached hydrogens (tertiary/aromatic N) is 1. The predicted octanol–water partition coefficient (Wildman–Crippen LogP) is 4.15. The van der Waals surface area contributed by atoms with E-state index in [4.69, 9.17) is 4.74 Å². The van der Waals surface area contributed by atoms with Gasteiger partial charge in [0.25, 0.3) is 5.91 Å². The van der Waals surface area contributed by atoms with E-state index in [-0.39, 0.29) is 17.1 Å². The zero-order valence-corrected chi connectivity index (χ0v) is 14.1. The summed E-state index contributed by atoms with van der Waals surface area (Å²) in [7, 11) is 1.32. The lowest BCUT2D eigenvalue weighted by atomic mass is 10.1. The van der Waals surface area contributed by atoms with Gasteiger partial charge >= 0.3 is 6.61 Å². The van der Waals surface area contributed by atoms with Gasteiger partial charge in [0.15, 0.2) is 11.5 Å². The van der Waals surface area contributed by atoms with E-state index in [0.717, 1.165) is 5.56 Å². The highest BCUT2D eigenvalue weighted by Gasteiger charge is 2.14. The average molecular weight is 358 g/mol. The van der Waals surface area contributed by atoms with Crippen molar-refractivity contribution in [2.45, 2.75) is 13.5 Å². The fourth-order valence-corrected chi connectivity index (χ4v) is 2.19. The highest BCUT2D eigenvalue weighted by molar-refractivity contribution is 6.10. The summed E-state index contributed by atoms with van der Waals surface area (Å²) in [6.07, 6.45) is 1.28. The number of nitriles is 1. The van der Waals surface area contributed by atoms with Crippen LogP contribution in [0.1, 0.15) is 11.1 Å². The smallest absolute Gasteiger partial charge is 0.387 e. The Labute approximate surface area is 149 Å². The molecule has 1 N–H and O–H groups in total. The molecule has 5 nitrogen and oxygen atoms in total. The summed E-state index contributed by atoms with van der Waals surface area (Å²) in [5, 5.41) is 11.9. The van der Waals surface area contributed by atoms with Gasteiger partial charge < -0.3 is 14.8 Å². The van der Waals surface area contributed by atoms with Crippen LogP contribution in [0.3, 0.4) is 0 Å². The fourth-order valence-electron chi connectivity index (χ4n) is 2.19. The third-order valence-electron chi connectivity index (χ3n) is 3.47. The second-order valence-electron chi connectivity index (χ2n) is 5.23. The van der Waals surface area contributed by atoms with E-state index < -0.39 is 12.5 Å². The van der Waals surface area contributed by atoms with Crippen molar-refractivity contribution in [3.8, 4) is 17.6 Å². The molecule has 2 aromatic rings. The number of hydrogen-bond donors (Lipinski definition) is 1. The van der Waals surface area contributed by atoms with E-state index in [2.05, 4.69) is 10.1 Å². The number of alkyl halides is 2. The van der Waals surface area contributed by atoms with Gasteiger partial charge in [0, 0.05) is 5.69 Å². The highest BCUT2D eigenvalue weighted by atomic mass is 19.3. The van der Waals surface area contributed by atoms with Crippen LogP contribution in [0.2, 0.25) is 0 Å². The first kappa shape index (κ1) is 18.9. The second-order valence-corrected chi connectivity index (χ2v) is 5.23. The van der Waals surface area contributed by atoms with Crippen molar-refractivity contribution in [3.05, 3.63) is 59.2 Å². The topological polar surface area (TPSA) is 71.3 Å². The number of rotatable bonds is 6. The number of anilines is 1. The van der Waals surface area contributed by atoms with Crippen LogP contribution in [-0.4, -0.2) is 19.6 Å². The van der Waals surface area contributed by atoms with Gasteiger partial charge in [-0.2, -0.15) is 14.0 Å². The molecule has 0 fully saturated rings. The molecular weight excluding hydrogens is 342 g/mol. The molecule has 7 heteroatoms. The van der Waals surface area contributed by atoms with E-state index >= 15 is 0 Å². The quantitative estimate of drug-likeness (QED) is 0.622. The number of carbonyl (C=O) groups excluding carboxylic acids is 1. The SMILES string of the molecule is COc1ccc(/C=C(\C#N)C(=O)Nc2ccccc2C)cc1OC(F)F. The molecule has 2 rings (SSSR count). The van der Waals surface area contributed by atoms with E-state index in [1.807, 2.05) is 25.1 Å². The minimum absolute atomic E-state index is 0.116. The second kappa shape index (κ2) is 8.62. The number of benzene rings is 2. The van der Waals surface area contributed by atoms with Crippen LogP contribution in [0.15, 0.2) is 48.0 Å². The van der Waals surface area contributed by atoms with Crippen molar-refractivity contribution in [3.63, 3.8) is 0 Å². The number of nitrogens with one attached hydrogen (secondary N) is 1. The molecule has 134 valence electrons. The molecule has 0 spiro atoms. The molecule has 2 aromatic carbocycles. The Balaban J connectivity index is 2.29. The van der Waals surface area contributed by atoms with Crippen LogP contribution >= 0.6 is 0 Å². The number of amides is 1. The largest absolute Gasteiger partial charge is 0.493 e. The Bertz CT molecular complexity index is 873. The Morgan fingerprint density at radius 3 is 2.58 bits per heavy atom. The van der Waals surface area contributed by atoms with Crippen molar-refractivity contribution in [1.29, 1.82) is 5.26 Å². The summed E-state index contributed by atoms with van der Waals surface area (Å²) in [6, 6.07) is 13.1. The number of methoxy groups -OCH3 is 1. The lowest BCUT2D eigenvalue weighted by molar-refractivity contribution is -0.112. The minimum Gasteiger partial charge on any atom is -0.493 e. The molecule has 0 saturated carbocycles. The Morgan fingerprint density at radius 1 is 1.23 bits per heavy atom. The number of halogens is 2. The summed E-state index contributed by atoms with van der Waals surface area (Å²) in [6.45, 7) is -1.20. The summed E-state index contributed by atoms with van der Waals surface area (Å²) in [4.78, 5) is 12.3. The van der Waals surface area contributed by atoms with Crippen molar-refractivity contribution in [1.82, 2.24) is 0 Å². The van der Waals surface area contributed by atoms with Crippen LogP contribution in [-0.2, 0) is 4.79 Å². The summed E-state index contributed by atoms with van der Waals surface area (Å²) in [5.41, 5.74) is 1.59. The standard InChI is InChI=1S/C19H16F2N2O3/c1-12-5-3-4-6-15(12)23-18(24)14(11-22)9-13-7-8-16(25-2)17(10-13)26-19(20)21/h3-10,19H,1-2H3,(H,23,24)/b14-9+. The molecular formula is C19H16F2N2O3. The Kier molecular flexibility index (Phi) is 6.28. The summed E-state index contributed by atoms with van der Waals surface area (Å²) >= 11 is 0. The molecule has 0 bridgehead atoms. The van der Waals surface area contributed by atoms with Crippen LogP contribution < -0.4 is 14.8 Å². The van der Waals surface area contributed by atoms with E-state index in [9.17, 15) is 18.8 Å². The average Bonchev–Trinajstić information content (AvgIpc) is 2.61. The monoisotopic (exact) mass is 358 g/mol. The maximum atomic E-state index is 12.5. The molecule has 0 aliphatic rings. The maximum Gasteiger partial charge on any atom is 0.387 e. The third-order valence-corrected chi connectivity index (χ3v) is 3.47. The number of hydrogen-bond acceptors (Lipinski definition) is 4. The zero-order valence-electron chi connectivity index (χ0n) is 14.1. The Morgan fingerprint density at radius 2 is 1.96 bits per heavy atom. The van der Waals surface area contributed by atoms with Crippen LogP contribution in [0.4, 0.5) is 14.5 Å². The van der Waals surface area contributed by atoms with Crippen LogP contribution in [0, 0.1) is 18.3 Å². The molecule has 0 saturated heterocycles. The van der Waals surface area contributed by atoms with Gasteiger partial charge in [-0.3, -0.25) is 4.79 Å². The molecule has 0 aliphatic carbocycles. The molecule has 0 aromatic heterocycles. The zero-order chi connectivity index (χ0) is 19.1. The molecule has 0 atom stereocenters. The lowest BCUT2D eigenvalue weighted by Crippen LogP contribution is -2.14. The third kappa shape index (κ3) is 4.80.